The van der Waals surface area contributed by atoms with E-state index >= 15 is 0 Å². The van der Waals surface area contributed by atoms with Gasteiger partial charge in [-0.05, 0) is 6.92 Å². The third-order valence-corrected chi connectivity index (χ3v) is 6.46. The molecule has 4 aliphatic rings. The van der Waals surface area contributed by atoms with Gasteiger partial charge in [0.05, 0.1) is 49.1 Å². The predicted molar refractivity (Wildman–Crippen MR) is 87.2 cm³/mol. The first-order chi connectivity index (χ1) is 12.4. The summed E-state index contributed by atoms with van der Waals surface area (Å²) in [7, 11) is 1.46. The van der Waals surface area contributed by atoms with Gasteiger partial charge in [-0.1, -0.05) is 0 Å². The number of aromatic nitrogens is 1. The van der Waals surface area contributed by atoms with Gasteiger partial charge in [0.15, 0.2) is 11.4 Å². The van der Waals surface area contributed by atoms with Crippen molar-refractivity contribution in [1.82, 2.24) is 4.98 Å². The van der Waals surface area contributed by atoms with Gasteiger partial charge in [0.1, 0.15) is 17.9 Å². The Bertz CT molecular complexity index is 854. The van der Waals surface area contributed by atoms with E-state index < -0.39 is 23.5 Å². The number of nitrogens with zero attached hydrogens (tertiary/aromatic N) is 3. The lowest BCUT2D eigenvalue weighted by atomic mass is 9.65. The van der Waals surface area contributed by atoms with Gasteiger partial charge in [-0.3, -0.25) is 9.69 Å². The number of anilines is 1. The second-order valence-corrected chi connectivity index (χ2v) is 7.67. The Morgan fingerprint density at radius 1 is 1.54 bits per heavy atom. The number of rotatable bonds is 2. The van der Waals surface area contributed by atoms with E-state index in [-0.39, 0.29) is 23.4 Å². The number of fused-ring (bicyclic) bond motifs is 2. The molecule has 1 N–H and O–H groups in total. The molecule has 5 heterocycles. The highest BCUT2D eigenvalue weighted by atomic mass is 16.6. The molecule has 5 rings (SSSR count). The highest BCUT2D eigenvalue weighted by molar-refractivity contribution is 6.00. The Hall–Kier alpha value is -2.21. The van der Waals surface area contributed by atoms with Crippen LogP contribution in [0, 0.1) is 23.2 Å². The van der Waals surface area contributed by atoms with Crippen LogP contribution >= 0.6 is 0 Å². The van der Waals surface area contributed by atoms with E-state index in [9.17, 15) is 9.90 Å². The fraction of sp³-hybridized carbons (Fsp3) is 0.611. The number of carbonyl (C=O) groups excluding carboxylic acids is 1. The third-order valence-electron chi connectivity index (χ3n) is 6.46. The zero-order valence-electron chi connectivity index (χ0n) is 14.5. The number of ether oxygens (including phenoxy) is 3. The Labute approximate surface area is 150 Å². The summed E-state index contributed by atoms with van der Waals surface area (Å²) in [5, 5.41) is 19.8. The van der Waals surface area contributed by atoms with Crippen molar-refractivity contribution in [2.75, 3.05) is 18.6 Å². The number of aliphatic hydroxyl groups is 1. The van der Waals surface area contributed by atoms with Gasteiger partial charge >= 0.3 is 0 Å². The number of nitriles is 1. The zero-order chi connectivity index (χ0) is 18.3. The van der Waals surface area contributed by atoms with Gasteiger partial charge < -0.3 is 19.3 Å². The summed E-state index contributed by atoms with van der Waals surface area (Å²) in [5.41, 5.74) is -0.724. The van der Waals surface area contributed by atoms with E-state index in [2.05, 4.69) is 4.98 Å². The molecule has 1 aromatic heterocycles. The average molecular weight is 357 g/mol. The highest BCUT2D eigenvalue weighted by Crippen LogP contribution is 2.65. The average Bonchev–Trinajstić information content (AvgIpc) is 3.18. The first kappa shape index (κ1) is 16.0. The third kappa shape index (κ3) is 1.68. The topological polar surface area (TPSA) is 105 Å². The van der Waals surface area contributed by atoms with Gasteiger partial charge in [0.2, 0.25) is 5.91 Å². The van der Waals surface area contributed by atoms with Crippen molar-refractivity contribution in [3.63, 3.8) is 0 Å². The Balaban J connectivity index is 1.61. The largest absolute Gasteiger partial charge is 0.494 e. The number of methoxy groups -OCH3 is 1. The molecule has 0 radical (unpaired) electrons. The molecule has 1 aromatic rings. The molecule has 4 aliphatic heterocycles. The summed E-state index contributed by atoms with van der Waals surface area (Å²) in [6.07, 6.45) is 1.41. The minimum Gasteiger partial charge on any atom is -0.494 e. The number of hydrogen-bond donors (Lipinski definition) is 1. The van der Waals surface area contributed by atoms with Crippen LogP contribution in [-0.4, -0.2) is 53.2 Å². The van der Waals surface area contributed by atoms with Crippen molar-refractivity contribution in [2.24, 2.45) is 11.8 Å². The summed E-state index contributed by atoms with van der Waals surface area (Å²) in [6, 6.07) is 3.61. The lowest BCUT2D eigenvalue weighted by Crippen LogP contribution is -2.56. The standard InChI is InChI=1S/C18H19N3O5/c1-17-6-12(22)18(26-17)3-4-25-16-14(18)13(17)15(23)21(16)9-5-11(24-2)10(7-19)20-8-9/h5,8,12-14,16,22H,3-4,6H2,1-2H3/t12-,13+,14-,16-,17+,18-/m0/s1. The van der Waals surface area contributed by atoms with Crippen molar-refractivity contribution < 1.29 is 24.1 Å². The van der Waals surface area contributed by atoms with Crippen molar-refractivity contribution in [3.05, 3.63) is 18.0 Å². The molecular formula is C18H19N3O5. The van der Waals surface area contributed by atoms with Gasteiger partial charge in [0, 0.05) is 18.9 Å². The van der Waals surface area contributed by atoms with Gasteiger partial charge in [-0.25, -0.2) is 4.98 Å². The number of aliphatic hydroxyl groups excluding tert-OH is 1. The number of carbonyl (C=O) groups is 1. The molecule has 136 valence electrons. The van der Waals surface area contributed by atoms with E-state index in [1.165, 1.54) is 13.3 Å². The van der Waals surface area contributed by atoms with Crippen LogP contribution in [0.25, 0.3) is 0 Å². The lowest BCUT2D eigenvalue weighted by Gasteiger charge is -2.43. The molecular weight excluding hydrogens is 338 g/mol. The molecule has 4 saturated heterocycles. The molecule has 0 saturated carbocycles. The van der Waals surface area contributed by atoms with Gasteiger partial charge in [-0.2, -0.15) is 5.26 Å². The van der Waals surface area contributed by atoms with Crippen LogP contribution in [0.15, 0.2) is 12.3 Å². The quantitative estimate of drug-likeness (QED) is 0.825. The van der Waals surface area contributed by atoms with Crippen LogP contribution in [0.5, 0.6) is 5.75 Å². The van der Waals surface area contributed by atoms with Crippen LogP contribution in [-0.2, 0) is 14.3 Å². The molecule has 8 nitrogen and oxygen atoms in total. The van der Waals surface area contributed by atoms with Crippen molar-refractivity contribution in [3.8, 4) is 11.8 Å². The SMILES string of the molecule is COc1cc(N2C(=O)[C@H]3[C@H]4[C@@H]2OCC[C@@]42O[C@]3(C)C[C@@H]2O)cnc1C#N. The molecule has 2 bridgehead atoms. The molecule has 6 atom stereocenters. The monoisotopic (exact) mass is 357 g/mol. The number of pyridine rings is 1. The molecule has 26 heavy (non-hydrogen) atoms. The van der Waals surface area contributed by atoms with Crippen LogP contribution in [0.4, 0.5) is 5.69 Å². The van der Waals surface area contributed by atoms with Crippen LogP contribution in [0.1, 0.15) is 25.5 Å². The van der Waals surface area contributed by atoms with E-state index in [0.29, 0.717) is 30.9 Å². The second-order valence-electron chi connectivity index (χ2n) is 7.67. The molecule has 8 heteroatoms. The van der Waals surface area contributed by atoms with Crippen molar-refractivity contribution >= 4 is 11.6 Å². The minimum atomic E-state index is -0.725. The molecule has 0 aromatic carbocycles. The minimum absolute atomic E-state index is 0.0910. The number of amides is 1. The second kappa shape index (κ2) is 4.94. The predicted octanol–water partition coefficient (Wildman–Crippen LogP) is 0.580. The smallest absolute Gasteiger partial charge is 0.235 e. The summed E-state index contributed by atoms with van der Waals surface area (Å²) >= 11 is 0. The Morgan fingerprint density at radius 2 is 2.35 bits per heavy atom. The Morgan fingerprint density at radius 3 is 3.08 bits per heavy atom. The summed E-state index contributed by atoms with van der Waals surface area (Å²) in [5.74, 6) is -0.366. The first-order valence-electron chi connectivity index (χ1n) is 8.72. The zero-order valence-corrected chi connectivity index (χ0v) is 14.5. The summed E-state index contributed by atoms with van der Waals surface area (Å²) in [4.78, 5) is 19.0. The highest BCUT2D eigenvalue weighted by Gasteiger charge is 2.78. The number of hydrogen-bond acceptors (Lipinski definition) is 7. The Kier molecular flexibility index (Phi) is 3.04. The van der Waals surface area contributed by atoms with Crippen LogP contribution in [0.2, 0.25) is 0 Å². The molecule has 0 unspecified atom stereocenters. The fourth-order valence-corrected chi connectivity index (χ4v) is 5.48. The maximum atomic E-state index is 13.3. The van der Waals surface area contributed by atoms with Crippen LogP contribution in [0.3, 0.4) is 0 Å². The van der Waals surface area contributed by atoms with Crippen molar-refractivity contribution in [2.45, 2.75) is 43.3 Å². The van der Waals surface area contributed by atoms with Crippen molar-refractivity contribution in [1.29, 1.82) is 5.26 Å². The van der Waals surface area contributed by atoms with Gasteiger partial charge in [0.25, 0.3) is 0 Å². The maximum Gasteiger partial charge on any atom is 0.235 e. The van der Waals surface area contributed by atoms with E-state index in [1.807, 2.05) is 13.0 Å². The molecule has 0 aliphatic carbocycles. The lowest BCUT2D eigenvalue weighted by molar-refractivity contribution is -0.163. The normalized spacial score (nSPS) is 42.7. The molecule has 4 fully saturated rings. The fourth-order valence-electron chi connectivity index (χ4n) is 5.48. The van der Waals surface area contributed by atoms with E-state index in [0.717, 1.165) is 0 Å². The summed E-state index contributed by atoms with van der Waals surface area (Å²) in [6.45, 7) is 2.32. The molecule has 1 amide bonds. The van der Waals surface area contributed by atoms with E-state index in [1.54, 1.807) is 11.0 Å². The molecule has 1 spiro atoms. The summed E-state index contributed by atoms with van der Waals surface area (Å²) < 4.78 is 17.5. The first-order valence-corrected chi connectivity index (χ1v) is 8.72. The van der Waals surface area contributed by atoms with Gasteiger partial charge in [-0.15, -0.1) is 0 Å². The van der Waals surface area contributed by atoms with Crippen LogP contribution < -0.4 is 9.64 Å². The maximum absolute atomic E-state index is 13.3. The van der Waals surface area contributed by atoms with E-state index in [4.69, 9.17) is 19.5 Å².